The SMILES string of the molecule is C[Si]1(C)c2ccccc2-c2cccc(-c3nc(-c4ccccc4)nc(-c4cccc(-c5ccc6cc(-c7cccc8ccccc78)ccc6c5)c4)n3)c21. The molecular weight excluding hydrogens is 659 g/mol. The van der Waals surface area contributed by atoms with Gasteiger partial charge in [0.25, 0.3) is 0 Å². The molecule has 0 aliphatic carbocycles. The minimum absolute atomic E-state index is 0.670. The lowest BCUT2D eigenvalue weighted by Crippen LogP contribution is -2.50. The van der Waals surface area contributed by atoms with E-state index >= 15 is 0 Å². The molecule has 8 aromatic carbocycles. The Hall–Kier alpha value is -6.49. The van der Waals surface area contributed by atoms with Crippen molar-refractivity contribution in [2.45, 2.75) is 13.1 Å². The summed E-state index contributed by atoms with van der Waals surface area (Å²) in [5.41, 5.74) is 10.4. The summed E-state index contributed by atoms with van der Waals surface area (Å²) in [6.07, 6.45) is 0. The van der Waals surface area contributed by atoms with Crippen LogP contribution in [0.2, 0.25) is 13.1 Å². The molecule has 250 valence electrons. The van der Waals surface area contributed by atoms with Gasteiger partial charge in [-0.2, -0.15) is 0 Å². The van der Waals surface area contributed by atoms with Gasteiger partial charge in [-0.15, -0.1) is 0 Å². The molecule has 0 N–H and O–H groups in total. The second-order valence-electron chi connectivity index (χ2n) is 14.5. The first-order chi connectivity index (χ1) is 26.0. The topological polar surface area (TPSA) is 38.7 Å². The zero-order valence-electron chi connectivity index (χ0n) is 29.6. The van der Waals surface area contributed by atoms with Gasteiger partial charge in [0, 0.05) is 16.7 Å². The highest BCUT2D eigenvalue weighted by Crippen LogP contribution is 2.36. The molecule has 0 atom stereocenters. The molecule has 0 unspecified atom stereocenters. The molecule has 1 aromatic heterocycles. The average molecular weight is 694 g/mol. The first-order valence-corrected chi connectivity index (χ1v) is 21.2. The molecule has 1 aliphatic rings. The third-order valence-corrected chi connectivity index (χ3v) is 14.5. The minimum atomic E-state index is -2.01. The van der Waals surface area contributed by atoms with Gasteiger partial charge in [0.1, 0.15) is 8.07 Å². The average Bonchev–Trinajstić information content (AvgIpc) is 3.46. The van der Waals surface area contributed by atoms with Gasteiger partial charge in [0.15, 0.2) is 17.5 Å². The molecule has 10 rings (SSSR count). The fourth-order valence-electron chi connectivity index (χ4n) is 8.28. The summed E-state index contributed by atoms with van der Waals surface area (Å²) < 4.78 is 0. The maximum Gasteiger partial charge on any atom is 0.164 e. The molecule has 3 nitrogen and oxygen atoms in total. The summed E-state index contributed by atoms with van der Waals surface area (Å²) in [6, 6.07) is 63.0. The summed E-state index contributed by atoms with van der Waals surface area (Å²) in [6.45, 7) is 4.89. The first kappa shape index (κ1) is 31.3. The number of rotatable bonds is 5. The third kappa shape index (κ3) is 5.30. The highest BCUT2D eigenvalue weighted by molar-refractivity contribution is 7.04. The van der Waals surface area contributed by atoms with Gasteiger partial charge >= 0.3 is 0 Å². The van der Waals surface area contributed by atoms with Crippen LogP contribution in [0.3, 0.4) is 0 Å². The van der Waals surface area contributed by atoms with Gasteiger partial charge in [-0.25, -0.2) is 15.0 Å². The monoisotopic (exact) mass is 693 g/mol. The lowest BCUT2D eigenvalue weighted by atomic mass is 9.94. The third-order valence-electron chi connectivity index (χ3n) is 10.9. The summed E-state index contributed by atoms with van der Waals surface area (Å²) in [5.74, 6) is 2.07. The van der Waals surface area contributed by atoms with E-state index in [0.717, 1.165) is 33.6 Å². The van der Waals surface area contributed by atoms with E-state index in [2.05, 4.69) is 171 Å². The summed E-state index contributed by atoms with van der Waals surface area (Å²) >= 11 is 0. The molecule has 0 fully saturated rings. The Balaban J connectivity index is 1.07. The number of hydrogen-bond acceptors (Lipinski definition) is 3. The van der Waals surface area contributed by atoms with Crippen LogP contribution in [0.25, 0.3) is 89.1 Å². The van der Waals surface area contributed by atoms with Gasteiger partial charge in [-0.3, -0.25) is 0 Å². The van der Waals surface area contributed by atoms with Crippen LogP contribution in [0.1, 0.15) is 0 Å². The quantitative estimate of drug-likeness (QED) is 0.168. The van der Waals surface area contributed by atoms with E-state index in [-0.39, 0.29) is 0 Å². The lowest BCUT2D eigenvalue weighted by molar-refractivity contribution is 1.08. The summed E-state index contributed by atoms with van der Waals surface area (Å²) in [7, 11) is -2.01. The molecule has 1 aliphatic heterocycles. The van der Waals surface area contributed by atoms with Crippen molar-refractivity contribution in [3.8, 4) is 67.5 Å². The minimum Gasteiger partial charge on any atom is -0.208 e. The van der Waals surface area contributed by atoms with E-state index in [0.29, 0.717) is 11.6 Å². The van der Waals surface area contributed by atoms with Gasteiger partial charge in [-0.1, -0.05) is 171 Å². The molecule has 53 heavy (non-hydrogen) atoms. The fraction of sp³-hybridized carbons (Fsp3) is 0.0408. The Morgan fingerprint density at radius 3 is 1.75 bits per heavy atom. The largest absolute Gasteiger partial charge is 0.208 e. The molecule has 0 radical (unpaired) electrons. The lowest BCUT2D eigenvalue weighted by Gasteiger charge is -2.21. The number of fused-ring (bicyclic) bond motifs is 5. The van der Waals surface area contributed by atoms with E-state index in [1.165, 1.54) is 54.2 Å². The van der Waals surface area contributed by atoms with Crippen LogP contribution in [0.15, 0.2) is 176 Å². The van der Waals surface area contributed by atoms with Crippen LogP contribution in [0.4, 0.5) is 0 Å². The Morgan fingerprint density at radius 2 is 0.887 bits per heavy atom. The number of hydrogen-bond donors (Lipinski definition) is 0. The fourth-order valence-corrected chi connectivity index (χ4v) is 11.7. The number of aromatic nitrogens is 3. The summed E-state index contributed by atoms with van der Waals surface area (Å²) in [5, 5.41) is 7.81. The van der Waals surface area contributed by atoms with Crippen molar-refractivity contribution in [2.75, 3.05) is 0 Å². The molecule has 9 aromatic rings. The first-order valence-electron chi connectivity index (χ1n) is 18.2. The predicted octanol–water partition coefficient (Wildman–Crippen LogP) is 11.3. The highest BCUT2D eigenvalue weighted by atomic mass is 28.3. The van der Waals surface area contributed by atoms with Crippen molar-refractivity contribution in [3.63, 3.8) is 0 Å². The zero-order chi connectivity index (χ0) is 35.5. The van der Waals surface area contributed by atoms with Crippen molar-refractivity contribution in [3.05, 3.63) is 176 Å². The zero-order valence-corrected chi connectivity index (χ0v) is 30.6. The molecule has 0 bridgehead atoms. The van der Waals surface area contributed by atoms with Gasteiger partial charge in [0.05, 0.1) is 0 Å². The second-order valence-corrected chi connectivity index (χ2v) is 18.7. The predicted molar refractivity (Wildman–Crippen MR) is 224 cm³/mol. The van der Waals surface area contributed by atoms with Gasteiger partial charge in [-0.05, 0) is 83.5 Å². The van der Waals surface area contributed by atoms with Crippen LogP contribution < -0.4 is 10.4 Å². The van der Waals surface area contributed by atoms with Crippen LogP contribution in [0, 0.1) is 0 Å². The van der Waals surface area contributed by atoms with Crippen LogP contribution in [-0.2, 0) is 0 Å². The van der Waals surface area contributed by atoms with Crippen LogP contribution in [0.5, 0.6) is 0 Å². The Kier molecular flexibility index (Phi) is 7.27. The molecule has 0 saturated carbocycles. The molecule has 2 heterocycles. The van der Waals surface area contributed by atoms with Crippen molar-refractivity contribution in [2.24, 2.45) is 0 Å². The molecule has 0 spiro atoms. The Bertz CT molecular complexity index is 2870. The smallest absolute Gasteiger partial charge is 0.164 e. The number of benzene rings is 8. The normalized spacial score (nSPS) is 12.9. The molecule has 0 saturated heterocycles. The standard InChI is InChI=1S/C49H35N3Si/c1-53(2)45-24-9-8-20-42(45)43-22-12-23-44(46(43)53)49-51-47(33-14-4-3-5-15-33)50-48(52-49)39-18-10-17-34(31-39)35-25-26-37-30-38(28-27-36(37)29-35)41-21-11-16-32-13-6-7-19-40(32)41/h3-31H,1-2H3. The van der Waals surface area contributed by atoms with Crippen molar-refractivity contribution in [1.29, 1.82) is 0 Å². The molecular formula is C49H35N3Si. The van der Waals surface area contributed by atoms with Crippen LogP contribution >= 0.6 is 0 Å². The van der Waals surface area contributed by atoms with E-state index in [4.69, 9.17) is 15.0 Å². The van der Waals surface area contributed by atoms with Crippen molar-refractivity contribution < 1.29 is 0 Å². The maximum absolute atomic E-state index is 5.25. The second kappa shape index (κ2) is 12.3. The van der Waals surface area contributed by atoms with E-state index in [1.807, 2.05) is 18.2 Å². The Morgan fingerprint density at radius 1 is 0.340 bits per heavy atom. The maximum atomic E-state index is 5.25. The van der Waals surface area contributed by atoms with E-state index in [1.54, 1.807) is 0 Å². The molecule has 0 amide bonds. The van der Waals surface area contributed by atoms with E-state index < -0.39 is 8.07 Å². The molecule has 4 heteroatoms. The Labute approximate surface area is 310 Å². The number of nitrogens with zero attached hydrogens (tertiary/aromatic N) is 3. The highest BCUT2D eigenvalue weighted by Gasteiger charge is 2.39. The van der Waals surface area contributed by atoms with Gasteiger partial charge in [0.2, 0.25) is 0 Å². The van der Waals surface area contributed by atoms with Gasteiger partial charge < -0.3 is 0 Å². The van der Waals surface area contributed by atoms with Crippen molar-refractivity contribution >= 4 is 40.0 Å². The van der Waals surface area contributed by atoms with Crippen LogP contribution in [-0.4, -0.2) is 23.0 Å². The van der Waals surface area contributed by atoms with Crippen molar-refractivity contribution in [1.82, 2.24) is 15.0 Å². The van der Waals surface area contributed by atoms with E-state index in [9.17, 15) is 0 Å². The summed E-state index contributed by atoms with van der Waals surface area (Å²) in [4.78, 5) is 15.5.